The van der Waals surface area contributed by atoms with Gasteiger partial charge in [-0.05, 0) is 55.2 Å². The number of carbonyl (C=O) groups excluding carboxylic acids is 1. The Morgan fingerprint density at radius 1 is 0.939 bits per heavy atom. The number of aromatic nitrogens is 2. The quantitative estimate of drug-likeness (QED) is 0.347. The average molecular weight is 458 g/mol. The minimum absolute atomic E-state index is 0.0312. The van der Waals surface area contributed by atoms with Crippen LogP contribution >= 0.6 is 11.8 Å². The number of carbonyl (C=O) groups is 1. The van der Waals surface area contributed by atoms with Crippen molar-refractivity contribution in [2.24, 2.45) is 0 Å². The van der Waals surface area contributed by atoms with Crippen LogP contribution < -0.4 is 9.64 Å². The molecule has 1 aliphatic heterocycles. The van der Waals surface area contributed by atoms with Crippen LogP contribution in [0.2, 0.25) is 0 Å². The molecule has 0 fully saturated rings. The van der Waals surface area contributed by atoms with Crippen molar-refractivity contribution in [3.05, 3.63) is 83.9 Å². The highest BCUT2D eigenvalue weighted by molar-refractivity contribution is 7.99. The number of anilines is 2. The van der Waals surface area contributed by atoms with Crippen LogP contribution in [0.3, 0.4) is 0 Å². The molecule has 0 radical (unpaired) electrons. The molecule has 2 heterocycles. The molecule has 4 aromatic rings. The summed E-state index contributed by atoms with van der Waals surface area (Å²) in [6.07, 6.45) is 1.80. The number of nitrogens with zero attached hydrogens (tertiary/aromatic N) is 3. The maximum absolute atomic E-state index is 13.5. The third-order valence-electron chi connectivity index (χ3n) is 5.52. The molecule has 1 amide bonds. The first-order valence-corrected chi connectivity index (χ1v) is 11.9. The predicted molar refractivity (Wildman–Crippen MR) is 129 cm³/mol. The fourth-order valence-corrected chi connectivity index (χ4v) is 4.65. The maximum Gasteiger partial charge on any atom is 0.277 e. The van der Waals surface area contributed by atoms with Crippen LogP contribution in [0.15, 0.2) is 82.4 Å². The highest BCUT2D eigenvalue weighted by Gasteiger charge is 2.26. The molecule has 0 saturated carbocycles. The number of rotatable bonds is 6. The van der Waals surface area contributed by atoms with Crippen LogP contribution in [0.1, 0.15) is 18.1 Å². The van der Waals surface area contributed by atoms with E-state index in [2.05, 4.69) is 22.3 Å². The fraction of sp³-hybridized carbons (Fsp3) is 0.192. The highest BCUT2D eigenvalue weighted by atomic mass is 32.2. The van der Waals surface area contributed by atoms with Crippen molar-refractivity contribution in [1.29, 1.82) is 0 Å². The van der Waals surface area contributed by atoms with Gasteiger partial charge in [0.2, 0.25) is 5.91 Å². The highest BCUT2D eigenvalue weighted by Crippen LogP contribution is 2.37. The standard InChI is InChI=1S/C26H23N3O3S/c1-2-31-23-14-8-5-11-20(23)25-27-28-26(32-25)33-17-24(30)29-21-12-6-3-9-18(21)15-16-19-10-4-7-13-22(19)29/h3-14H,2,15-17H2,1H3. The summed E-state index contributed by atoms with van der Waals surface area (Å²) in [6, 6.07) is 23.7. The molecule has 3 aromatic carbocycles. The number of thioether (sulfide) groups is 1. The van der Waals surface area contributed by atoms with Gasteiger partial charge in [-0.3, -0.25) is 9.69 Å². The van der Waals surface area contributed by atoms with E-state index in [0.29, 0.717) is 23.5 Å². The minimum Gasteiger partial charge on any atom is -0.493 e. The molecule has 166 valence electrons. The van der Waals surface area contributed by atoms with Crippen molar-refractivity contribution in [3.63, 3.8) is 0 Å². The van der Waals surface area contributed by atoms with Crippen LogP contribution in [0.5, 0.6) is 5.75 Å². The predicted octanol–water partition coefficient (Wildman–Crippen LogP) is 5.69. The van der Waals surface area contributed by atoms with E-state index in [9.17, 15) is 4.79 Å². The first-order chi connectivity index (χ1) is 16.2. The van der Waals surface area contributed by atoms with Crippen LogP contribution in [0.25, 0.3) is 11.5 Å². The van der Waals surface area contributed by atoms with Gasteiger partial charge in [-0.2, -0.15) is 0 Å². The number of benzene rings is 3. The molecule has 0 saturated heterocycles. The van der Waals surface area contributed by atoms with E-state index >= 15 is 0 Å². The Kier molecular flexibility index (Phi) is 6.13. The van der Waals surface area contributed by atoms with Crippen molar-refractivity contribution in [3.8, 4) is 17.2 Å². The zero-order valence-electron chi connectivity index (χ0n) is 18.2. The van der Waals surface area contributed by atoms with E-state index in [4.69, 9.17) is 9.15 Å². The molecule has 5 rings (SSSR count). The van der Waals surface area contributed by atoms with Crippen LogP contribution in [0.4, 0.5) is 11.4 Å². The number of amides is 1. The minimum atomic E-state index is -0.0312. The Morgan fingerprint density at radius 2 is 1.58 bits per heavy atom. The zero-order chi connectivity index (χ0) is 22.6. The SMILES string of the molecule is CCOc1ccccc1-c1nnc(SCC(=O)N2c3ccccc3CCc3ccccc32)o1. The molecule has 33 heavy (non-hydrogen) atoms. The molecule has 0 aliphatic carbocycles. The fourth-order valence-electron chi connectivity index (χ4n) is 4.04. The molecule has 0 unspecified atom stereocenters. The summed E-state index contributed by atoms with van der Waals surface area (Å²) in [5.41, 5.74) is 4.94. The monoisotopic (exact) mass is 457 g/mol. The van der Waals surface area contributed by atoms with Gasteiger partial charge in [0, 0.05) is 0 Å². The van der Waals surface area contributed by atoms with Gasteiger partial charge in [0.25, 0.3) is 11.1 Å². The van der Waals surface area contributed by atoms with E-state index in [1.807, 2.05) is 72.5 Å². The first kappa shape index (κ1) is 21.3. The molecular weight excluding hydrogens is 434 g/mol. The topological polar surface area (TPSA) is 68.5 Å². The van der Waals surface area contributed by atoms with E-state index in [-0.39, 0.29) is 11.7 Å². The van der Waals surface area contributed by atoms with E-state index in [1.54, 1.807) is 0 Å². The largest absolute Gasteiger partial charge is 0.493 e. The lowest BCUT2D eigenvalue weighted by molar-refractivity contribution is -0.115. The lowest BCUT2D eigenvalue weighted by Crippen LogP contribution is -2.28. The molecule has 6 nitrogen and oxygen atoms in total. The van der Waals surface area contributed by atoms with E-state index in [0.717, 1.165) is 29.8 Å². The average Bonchev–Trinajstić information content (AvgIpc) is 3.25. The Morgan fingerprint density at radius 3 is 2.27 bits per heavy atom. The van der Waals surface area contributed by atoms with Gasteiger partial charge in [-0.25, -0.2) is 0 Å². The molecule has 7 heteroatoms. The summed E-state index contributed by atoms with van der Waals surface area (Å²) in [5.74, 6) is 1.21. The van der Waals surface area contributed by atoms with Gasteiger partial charge in [-0.1, -0.05) is 60.3 Å². The van der Waals surface area contributed by atoms with Gasteiger partial charge in [0.1, 0.15) is 5.75 Å². The number of aryl methyl sites for hydroxylation is 2. The second-order valence-corrected chi connectivity index (χ2v) is 8.50. The van der Waals surface area contributed by atoms with Gasteiger partial charge in [0.05, 0.1) is 29.3 Å². The Labute approximate surface area is 196 Å². The summed E-state index contributed by atoms with van der Waals surface area (Å²) < 4.78 is 11.5. The Hall–Kier alpha value is -3.58. The van der Waals surface area contributed by atoms with E-state index in [1.165, 1.54) is 22.9 Å². The second-order valence-electron chi connectivity index (χ2n) is 7.58. The van der Waals surface area contributed by atoms with Crippen molar-refractivity contribution >= 4 is 29.0 Å². The van der Waals surface area contributed by atoms with Gasteiger partial charge in [0.15, 0.2) is 0 Å². The summed E-state index contributed by atoms with van der Waals surface area (Å²) in [7, 11) is 0. The smallest absolute Gasteiger partial charge is 0.277 e. The van der Waals surface area contributed by atoms with Crippen LogP contribution in [-0.2, 0) is 17.6 Å². The van der Waals surface area contributed by atoms with Crippen LogP contribution in [0, 0.1) is 0 Å². The number of para-hydroxylation sites is 3. The summed E-state index contributed by atoms with van der Waals surface area (Å²) in [6.45, 7) is 2.47. The zero-order valence-corrected chi connectivity index (χ0v) is 19.0. The molecular formula is C26H23N3O3S. The van der Waals surface area contributed by atoms with Gasteiger partial charge < -0.3 is 9.15 Å². The van der Waals surface area contributed by atoms with Crippen molar-refractivity contribution in [1.82, 2.24) is 10.2 Å². The van der Waals surface area contributed by atoms with Crippen molar-refractivity contribution in [2.75, 3.05) is 17.3 Å². The normalized spacial score (nSPS) is 12.6. The number of hydrogen-bond acceptors (Lipinski definition) is 6. The Bertz CT molecular complexity index is 1240. The number of hydrogen-bond donors (Lipinski definition) is 0. The first-order valence-electron chi connectivity index (χ1n) is 10.9. The molecule has 0 N–H and O–H groups in total. The van der Waals surface area contributed by atoms with E-state index < -0.39 is 0 Å². The summed E-state index contributed by atoms with van der Waals surface area (Å²) >= 11 is 1.24. The van der Waals surface area contributed by atoms with Crippen molar-refractivity contribution < 1.29 is 13.9 Å². The summed E-state index contributed by atoms with van der Waals surface area (Å²) in [5, 5.41) is 8.65. The number of fused-ring (bicyclic) bond motifs is 2. The molecule has 1 aromatic heterocycles. The molecule has 1 aliphatic rings. The molecule has 0 atom stereocenters. The third kappa shape index (κ3) is 4.36. The second kappa shape index (κ2) is 9.50. The van der Waals surface area contributed by atoms with Gasteiger partial charge in [-0.15, -0.1) is 10.2 Å². The lowest BCUT2D eigenvalue weighted by Gasteiger charge is -2.24. The van der Waals surface area contributed by atoms with Crippen molar-refractivity contribution in [2.45, 2.75) is 25.0 Å². The Balaban J connectivity index is 1.38. The molecule has 0 bridgehead atoms. The van der Waals surface area contributed by atoms with Gasteiger partial charge >= 0.3 is 0 Å². The molecule has 0 spiro atoms. The summed E-state index contributed by atoms with van der Waals surface area (Å²) in [4.78, 5) is 15.3. The number of ether oxygens (including phenoxy) is 1. The third-order valence-corrected chi connectivity index (χ3v) is 6.32. The van der Waals surface area contributed by atoms with Crippen LogP contribution in [-0.4, -0.2) is 28.5 Å². The lowest BCUT2D eigenvalue weighted by atomic mass is 10.0. The maximum atomic E-state index is 13.5.